The number of rotatable bonds is 3. The molecule has 0 aromatic heterocycles. The third kappa shape index (κ3) is 3.62. The fraction of sp³-hybridized carbons (Fsp3) is 0.278. The van der Waals surface area contributed by atoms with Crippen LogP contribution in [0.5, 0.6) is 0 Å². The molecule has 2 aromatic rings. The van der Waals surface area contributed by atoms with Gasteiger partial charge in [-0.25, -0.2) is 0 Å². The molecule has 0 radical (unpaired) electrons. The molecule has 2 aromatic carbocycles. The fourth-order valence-electron chi connectivity index (χ4n) is 3.03. The Morgan fingerprint density at radius 3 is 2.36 bits per heavy atom. The summed E-state index contributed by atoms with van der Waals surface area (Å²) in [7, 11) is 3.52. The van der Waals surface area contributed by atoms with Gasteiger partial charge in [-0.05, 0) is 35.4 Å². The summed E-state index contributed by atoms with van der Waals surface area (Å²) >= 11 is 14.7. The molecule has 3 rings (SSSR count). The van der Waals surface area contributed by atoms with Crippen molar-refractivity contribution >= 4 is 58.9 Å². The molecule has 1 N–H and O–H groups in total. The highest BCUT2D eigenvalue weighted by atomic mass is 79.9. The maximum Gasteiger partial charge on any atom is 0.253 e. The van der Waals surface area contributed by atoms with Gasteiger partial charge in [0.1, 0.15) is 0 Å². The number of thiol groups is 2. The zero-order chi connectivity index (χ0) is 18.2. The Bertz CT molecular complexity index is 801. The molecule has 1 saturated heterocycles. The molecular weight excluding hydrogens is 436 g/mol. The second-order valence-electron chi connectivity index (χ2n) is 6.08. The van der Waals surface area contributed by atoms with Crippen molar-refractivity contribution in [3.05, 3.63) is 69.7 Å². The van der Waals surface area contributed by atoms with E-state index in [-0.39, 0.29) is 15.2 Å². The summed E-state index contributed by atoms with van der Waals surface area (Å²) in [6, 6.07) is 15.9. The van der Waals surface area contributed by atoms with Crippen molar-refractivity contribution < 1.29 is 4.79 Å². The second kappa shape index (κ2) is 7.56. The molecule has 132 valence electrons. The lowest BCUT2D eigenvalue weighted by molar-refractivity contribution is 0.0827. The van der Waals surface area contributed by atoms with Gasteiger partial charge >= 0.3 is 0 Å². The molecule has 3 atom stereocenters. The van der Waals surface area contributed by atoms with Crippen molar-refractivity contribution in [3.63, 3.8) is 0 Å². The van der Waals surface area contributed by atoms with Gasteiger partial charge in [-0.1, -0.05) is 40.2 Å². The summed E-state index contributed by atoms with van der Waals surface area (Å²) in [5.41, 5.74) is 2.21. The third-order valence-corrected chi connectivity index (χ3v) is 6.96. The van der Waals surface area contributed by atoms with E-state index < -0.39 is 5.54 Å². The number of benzene rings is 2. The number of thioether (sulfide) groups is 1. The van der Waals surface area contributed by atoms with Crippen molar-refractivity contribution in [3.8, 4) is 0 Å². The number of nitrogens with zero attached hydrogens (tertiary/aromatic N) is 1. The molecule has 7 heteroatoms. The number of amides is 1. The lowest BCUT2D eigenvalue weighted by Gasteiger charge is -2.34. The highest BCUT2D eigenvalue weighted by molar-refractivity contribution is 9.10. The van der Waals surface area contributed by atoms with Gasteiger partial charge in [-0.2, -0.15) is 12.6 Å². The lowest BCUT2D eigenvalue weighted by Crippen LogP contribution is -2.45. The highest BCUT2D eigenvalue weighted by Gasteiger charge is 2.48. The summed E-state index contributed by atoms with van der Waals surface area (Å²) in [4.78, 5) is 14.0. The second-order valence-corrected chi connectivity index (χ2v) is 9.95. The van der Waals surface area contributed by atoms with E-state index in [2.05, 4.69) is 46.0 Å². The number of hydrogen-bond acceptors (Lipinski definition) is 5. The first kappa shape index (κ1) is 19.2. The van der Waals surface area contributed by atoms with Crippen molar-refractivity contribution in [1.29, 1.82) is 0 Å². The number of halogens is 1. The van der Waals surface area contributed by atoms with E-state index >= 15 is 0 Å². The zero-order valence-electron chi connectivity index (χ0n) is 13.8. The number of nitrogens with one attached hydrogen (secondary N) is 1. The minimum absolute atomic E-state index is 0.0185. The van der Waals surface area contributed by atoms with Gasteiger partial charge in [0.25, 0.3) is 5.91 Å². The SMILES string of the molecule is CN(C)C(=O)c1cccc(C2(c3cccc(Br)c3)NC(S)SC2S)c1. The van der Waals surface area contributed by atoms with E-state index in [0.717, 1.165) is 15.6 Å². The Labute approximate surface area is 171 Å². The van der Waals surface area contributed by atoms with Crippen LogP contribution in [-0.4, -0.2) is 34.2 Å². The van der Waals surface area contributed by atoms with Gasteiger partial charge in [0.15, 0.2) is 0 Å². The smallest absolute Gasteiger partial charge is 0.253 e. The van der Waals surface area contributed by atoms with E-state index in [9.17, 15) is 4.79 Å². The molecule has 0 aliphatic carbocycles. The molecule has 1 heterocycles. The molecule has 1 aliphatic rings. The van der Waals surface area contributed by atoms with Crippen LogP contribution in [0.3, 0.4) is 0 Å². The van der Waals surface area contributed by atoms with Crippen LogP contribution in [0.4, 0.5) is 0 Å². The van der Waals surface area contributed by atoms with Gasteiger partial charge in [0, 0.05) is 24.1 Å². The van der Waals surface area contributed by atoms with Gasteiger partial charge in [-0.15, -0.1) is 24.4 Å². The van der Waals surface area contributed by atoms with Gasteiger partial charge in [0.05, 0.1) is 14.8 Å². The topological polar surface area (TPSA) is 32.3 Å². The molecule has 25 heavy (non-hydrogen) atoms. The first-order valence-electron chi connectivity index (χ1n) is 7.72. The highest BCUT2D eigenvalue weighted by Crippen LogP contribution is 2.49. The Morgan fingerprint density at radius 2 is 1.80 bits per heavy atom. The van der Waals surface area contributed by atoms with Crippen molar-refractivity contribution in [2.45, 2.75) is 14.8 Å². The van der Waals surface area contributed by atoms with Crippen molar-refractivity contribution in [1.82, 2.24) is 10.2 Å². The Balaban J connectivity index is 2.17. The van der Waals surface area contributed by atoms with Crippen LogP contribution < -0.4 is 5.32 Å². The van der Waals surface area contributed by atoms with Crippen LogP contribution in [0.2, 0.25) is 0 Å². The van der Waals surface area contributed by atoms with Crippen LogP contribution in [0.1, 0.15) is 21.5 Å². The summed E-state index contributed by atoms with van der Waals surface area (Å²) in [5, 5.41) is 3.58. The number of hydrogen-bond donors (Lipinski definition) is 3. The molecule has 0 bridgehead atoms. The summed E-state index contributed by atoms with van der Waals surface area (Å²) < 4.78 is 0.906. The minimum atomic E-state index is -0.535. The average Bonchev–Trinajstić information content (AvgIpc) is 2.89. The van der Waals surface area contributed by atoms with Crippen LogP contribution in [0, 0.1) is 0 Å². The largest absolute Gasteiger partial charge is 0.345 e. The first-order chi connectivity index (χ1) is 11.8. The van der Waals surface area contributed by atoms with E-state index in [1.807, 2.05) is 36.4 Å². The number of carbonyl (C=O) groups excluding carboxylic acids is 1. The minimum Gasteiger partial charge on any atom is -0.345 e. The molecule has 0 saturated carbocycles. The molecule has 3 unspecified atom stereocenters. The summed E-state index contributed by atoms with van der Waals surface area (Å²) in [5.74, 6) is -0.0185. The van der Waals surface area contributed by atoms with Crippen LogP contribution in [0.15, 0.2) is 53.0 Å². The molecular formula is C18H19BrN2OS3. The predicted molar refractivity (Wildman–Crippen MR) is 116 cm³/mol. The zero-order valence-corrected chi connectivity index (χ0v) is 18.0. The van der Waals surface area contributed by atoms with Crippen LogP contribution >= 0.6 is 52.9 Å². The van der Waals surface area contributed by atoms with Crippen LogP contribution in [-0.2, 0) is 5.54 Å². The van der Waals surface area contributed by atoms with Crippen molar-refractivity contribution in [2.75, 3.05) is 14.1 Å². The first-order valence-corrected chi connectivity index (χ1v) is 10.5. The van der Waals surface area contributed by atoms with E-state index in [4.69, 9.17) is 12.6 Å². The lowest BCUT2D eigenvalue weighted by atomic mass is 9.83. The van der Waals surface area contributed by atoms with Gasteiger partial charge in [0.2, 0.25) is 0 Å². The standard InChI is InChI=1S/C18H19BrN2OS3/c1-21(2)15(22)11-5-3-6-12(9-11)18(16(23)25-17(24)20-18)13-7-4-8-14(19)10-13/h3-10,16-17,20,23-24H,1-2H3. The molecule has 3 nitrogen and oxygen atoms in total. The van der Waals surface area contributed by atoms with E-state index in [1.165, 1.54) is 0 Å². The fourth-order valence-corrected chi connectivity index (χ4v) is 6.07. The average molecular weight is 455 g/mol. The van der Waals surface area contributed by atoms with E-state index in [0.29, 0.717) is 5.56 Å². The van der Waals surface area contributed by atoms with Gasteiger partial charge in [-0.3, -0.25) is 10.1 Å². The van der Waals surface area contributed by atoms with Crippen LogP contribution in [0.25, 0.3) is 0 Å². The molecule has 1 aliphatic heterocycles. The quantitative estimate of drug-likeness (QED) is 0.607. The third-order valence-electron chi connectivity index (χ3n) is 4.23. The summed E-state index contributed by atoms with van der Waals surface area (Å²) in [6.07, 6.45) is 0. The monoisotopic (exact) mass is 454 g/mol. The normalized spacial score (nSPS) is 25.8. The Morgan fingerprint density at radius 1 is 1.16 bits per heavy atom. The molecule has 1 fully saturated rings. The maximum absolute atomic E-state index is 12.4. The Hall–Kier alpha value is -0.600. The van der Waals surface area contributed by atoms with Gasteiger partial charge < -0.3 is 4.90 Å². The molecule has 0 spiro atoms. The van der Waals surface area contributed by atoms with Crippen molar-refractivity contribution in [2.24, 2.45) is 0 Å². The molecule has 1 amide bonds. The maximum atomic E-state index is 12.4. The summed E-state index contributed by atoms with van der Waals surface area (Å²) in [6.45, 7) is 0. The number of carbonyl (C=O) groups is 1. The Kier molecular flexibility index (Phi) is 5.80. The predicted octanol–water partition coefficient (Wildman–Crippen LogP) is 4.20. The van der Waals surface area contributed by atoms with E-state index in [1.54, 1.807) is 30.8 Å².